The van der Waals surface area contributed by atoms with Crippen LogP contribution in [0.3, 0.4) is 0 Å². The molecule has 5 atom stereocenters. The van der Waals surface area contributed by atoms with Gasteiger partial charge in [-0.2, -0.15) is 0 Å². The van der Waals surface area contributed by atoms with Crippen molar-refractivity contribution >= 4 is 17.7 Å². The third-order valence-corrected chi connectivity index (χ3v) is 5.05. The Morgan fingerprint density at radius 1 is 1.32 bits per heavy atom. The molecule has 1 heterocycles. The van der Waals surface area contributed by atoms with E-state index in [-0.39, 0.29) is 35.5 Å². The molecular weight excluding hydrogens is 284 g/mol. The molecule has 0 bridgehead atoms. The maximum absolute atomic E-state index is 12.3. The van der Waals surface area contributed by atoms with E-state index in [0.29, 0.717) is 12.0 Å². The Morgan fingerprint density at radius 2 is 2.00 bits per heavy atom. The summed E-state index contributed by atoms with van der Waals surface area (Å²) in [4.78, 5) is 35.8. The van der Waals surface area contributed by atoms with Gasteiger partial charge in [-0.25, -0.2) is 0 Å². The normalized spacial score (nSPS) is 37.3. The van der Waals surface area contributed by atoms with E-state index >= 15 is 0 Å². The van der Waals surface area contributed by atoms with Crippen LogP contribution < -0.4 is 0 Å². The number of carbonyl (C=O) groups excluding carboxylic acids is 3. The van der Waals surface area contributed by atoms with Gasteiger partial charge in [-0.3, -0.25) is 14.4 Å². The topological polar surface area (TPSA) is 69.7 Å². The molecule has 1 fully saturated rings. The molecule has 1 saturated heterocycles. The van der Waals surface area contributed by atoms with Crippen LogP contribution in [-0.2, 0) is 23.9 Å². The summed E-state index contributed by atoms with van der Waals surface area (Å²) in [7, 11) is 0. The van der Waals surface area contributed by atoms with Crippen molar-refractivity contribution in [3.63, 3.8) is 0 Å². The average molecular weight is 304 g/mol. The lowest BCUT2D eigenvalue weighted by atomic mass is 9.79. The number of ether oxygens (including phenoxy) is 2. The van der Waals surface area contributed by atoms with Crippen LogP contribution in [0.25, 0.3) is 0 Å². The second-order valence-corrected chi connectivity index (χ2v) is 6.54. The third kappa shape index (κ3) is 2.11. The maximum Gasteiger partial charge on any atom is 0.309 e. The summed E-state index contributed by atoms with van der Waals surface area (Å²) < 4.78 is 11.1. The summed E-state index contributed by atoms with van der Waals surface area (Å²) in [6.07, 6.45) is 1.24. The molecule has 0 spiro atoms. The first-order valence-electron chi connectivity index (χ1n) is 7.61. The van der Waals surface area contributed by atoms with Crippen LogP contribution in [0.4, 0.5) is 0 Å². The fraction of sp³-hybridized carbons (Fsp3) is 0.588. The van der Waals surface area contributed by atoms with Crippen molar-refractivity contribution in [3.05, 3.63) is 22.8 Å². The first kappa shape index (κ1) is 15.0. The molecule has 3 aliphatic rings. The van der Waals surface area contributed by atoms with E-state index in [0.717, 1.165) is 11.1 Å². The van der Waals surface area contributed by atoms with Crippen LogP contribution >= 0.6 is 0 Å². The van der Waals surface area contributed by atoms with Gasteiger partial charge in [-0.1, -0.05) is 18.1 Å². The Hall–Kier alpha value is -1.91. The van der Waals surface area contributed by atoms with Crippen LogP contribution in [0.1, 0.15) is 34.1 Å². The number of ketones is 1. The molecule has 5 nitrogen and oxygen atoms in total. The summed E-state index contributed by atoms with van der Waals surface area (Å²) in [5.74, 6) is -1.44. The summed E-state index contributed by atoms with van der Waals surface area (Å²) >= 11 is 0. The minimum Gasteiger partial charge on any atom is -0.462 e. The molecule has 2 aliphatic carbocycles. The Kier molecular flexibility index (Phi) is 3.46. The van der Waals surface area contributed by atoms with Gasteiger partial charge >= 0.3 is 11.9 Å². The number of allylic oxidation sites excluding steroid dienone is 1. The maximum atomic E-state index is 12.3. The third-order valence-electron chi connectivity index (χ3n) is 5.05. The SMILES string of the molecule is CC(=O)O[C@H]1CC(C)=C2C(=O)C=C(C)[C@H]2[C@H]2OC(=O)[C@@H](C)[C@@H]21. The van der Waals surface area contributed by atoms with Crippen LogP contribution in [-0.4, -0.2) is 29.9 Å². The number of hydrogen-bond acceptors (Lipinski definition) is 5. The van der Waals surface area contributed by atoms with Crippen molar-refractivity contribution in [1.29, 1.82) is 0 Å². The number of esters is 2. The molecule has 0 N–H and O–H groups in total. The van der Waals surface area contributed by atoms with E-state index in [9.17, 15) is 14.4 Å². The second kappa shape index (κ2) is 5.07. The van der Waals surface area contributed by atoms with Gasteiger partial charge in [0.15, 0.2) is 5.78 Å². The summed E-state index contributed by atoms with van der Waals surface area (Å²) in [6, 6.07) is 0. The van der Waals surface area contributed by atoms with E-state index in [1.807, 2.05) is 13.8 Å². The van der Waals surface area contributed by atoms with E-state index in [2.05, 4.69) is 0 Å². The van der Waals surface area contributed by atoms with Gasteiger partial charge in [0, 0.05) is 30.8 Å². The van der Waals surface area contributed by atoms with Crippen molar-refractivity contribution in [2.24, 2.45) is 17.8 Å². The van der Waals surface area contributed by atoms with Gasteiger partial charge in [0.2, 0.25) is 0 Å². The van der Waals surface area contributed by atoms with Gasteiger partial charge < -0.3 is 9.47 Å². The zero-order valence-electron chi connectivity index (χ0n) is 13.2. The number of fused-ring (bicyclic) bond motifs is 3. The van der Waals surface area contributed by atoms with Gasteiger partial charge in [0.05, 0.1) is 5.92 Å². The molecule has 0 aromatic rings. The Labute approximate surface area is 129 Å². The summed E-state index contributed by atoms with van der Waals surface area (Å²) in [6.45, 7) is 6.96. The highest BCUT2D eigenvalue weighted by atomic mass is 16.6. The van der Waals surface area contributed by atoms with Gasteiger partial charge in [0.25, 0.3) is 0 Å². The highest BCUT2D eigenvalue weighted by Gasteiger charge is 2.55. The quantitative estimate of drug-likeness (QED) is 0.693. The minimum atomic E-state index is -0.429. The standard InChI is InChI=1S/C17H20O5/c1-7-5-11(19)13-8(2)6-12(21-10(4)18)15-9(3)17(20)22-16(15)14(7)13/h5,9,12,14-16H,6H2,1-4H3/t9-,12-,14+,15+,16+/m0/s1. The van der Waals surface area contributed by atoms with Crippen LogP contribution in [0.15, 0.2) is 22.8 Å². The molecule has 118 valence electrons. The zero-order chi connectivity index (χ0) is 16.2. The molecule has 0 amide bonds. The van der Waals surface area contributed by atoms with Gasteiger partial charge in [0.1, 0.15) is 12.2 Å². The molecule has 0 aromatic heterocycles. The lowest BCUT2D eigenvalue weighted by Gasteiger charge is -2.29. The lowest BCUT2D eigenvalue weighted by molar-refractivity contribution is -0.150. The fourth-order valence-corrected chi connectivity index (χ4v) is 4.12. The fourth-order valence-electron chi connectivity index (χ4n) is 4.12. The molecule has 5 heteroatoms. The van der Waals surface area contributed by atoms with Crippen molar-refractivity contribution in [2.45, 2.75) is 46.3 Å². The van der Waals surface area contributed by atoms with Crippen LogP contribution in [0.5, 0.6) is 0 Å². The van der Waals surface area contributed by atoms with Crippen molar-refractivity contribution < 1.29 is 23.9 Å². The lowest BCUT2D eigenvalue weighted by Crippen LogP contribution is -2.37. The van der Waals surface area contributed by atoms with Crippen molar-refractivity contribution in [3.8, 4) is 0 Å². The molecule has 0 unspecified atom stereocenters. The zero-order valence-corrected chi connectivity index (χ0v) is 13.2. The van der Waals surface area contributed by atoms with Crippen molar-refractivity contribution in [2.75, 3.05) is 0 Å². The number of rotatable bonds is 1. The number of carbonyl (C=O) groups is 3. The first-order chi connectivity index (χ1) is 10.3. The highest BCUT2D eigenvalue weighted by molar-refractivity contribution is 6.09. The Bertz CT molecular complexity index is 627. The Morgan fingerprint density at radius 3 is 2.64 bits per heavy atom. The van der Waals surface area contributed by atoms with Crippen LogP contribution in [0.2, 0.25) is 0 Å². The molecule has 0 radical (unpaired) electrons. The smallest absolute Gasteiger partial charge is 0.309 e. The van der Waals surface area contributed by atoms with E-state index in [1.54, 1.807) is 13.0 Å². The molecule has 0 aromatic carbocycles. The predicted molar refractivity (Wildman–Crippen MR) is 77.7 cm³/mol. The van der Waals surface area contributed by atoms with E-state index in [4.69, 9.17) is 9.47 Å². The molecule has 1 aliphatic heterocycles. The molecule has 3 rings (SSSR count). The molecular formula is C17H20O5. The largest absolute Gasteiger partial charge is 0.462 e. The summed E-state index contributed by atoms with van der Waals surface area (Å²) in [5.41, 5.74) is 2.55. The average Bonchev–Trinajstić information content (AvgIpc) is 2.81. The monoisotopic (exact) mass is 304 g/mol. The van der Waals surface area contributed by atoms with Crippen molar-refractivity contribution in [1.82, 2.24) is 0 Å². The minimum absolute atomic E-state index is 0.0159. The first-order valence-corrected chi connectivity index (χ1v) is 7.61. The highest BCUT2D eigenvalue weighted by Crippen LogP contribution is 2.48. The number of hydrogen-bond donors (Lipinski definition) is 0. The second-order valence-electron chi connectivity index (χ2n) is 6.54. The van der Waals surface area contributed by atoms with Gasteiger partial charge in [-0.15, -0.1) is 0 Å². The summed E-state index contributed by atoms with van der Waals surface area (Å²) in [5, 5.41) is 0. The van der Waals surface area contributed by atoms with Gasteiger partial charge in [-0.05, 0) is 19.9 Å². The van der Waals surface area contributed by atoms with Crippen LogP contribution in [0, 0.1) is 17.8 Å². The molecule has 0 saturated carbocycles. The molecule has 22 heavy (non-hydrogen) atoms. The van der Waals surface area contributed by atoms with E-state index in [1.165, 1.54) is 6.92 Å². The van der Waals surface area contributed by atoms with E-state index < -0.39 is 12.2 Å². The Balaban J connectivity index is 2.08. The predicted octanol–water partition coefficient (Wildman–Crippen LogP) is 1.96.